The maximum Gasteiger partial charge on any atom is 0.0436 e. The van der Waals surface area contributed by atoms with Crippen LogP contribution in [0.15, 0.2) is 30.3 Å². The Bertz CT molecular complexity index is 372. The van der Waals surface area contributed by atoms with E-state index in [0.29, 0.717) is 18.1 Å². The molecule has 2 N–H and O–H groups in total. The molecular formula is C18H29NO. The van der Waals surface area contributed by atoms with Crippen molar-refractivity contribution in [3.8, 4) is 0 Å². The summed E-state index contributed by atoms with van der Waals surface area (Å²) in [5.74, 6) is 0. The third kappa shape index (κ3) is 4.60. The smallest absolute Gasteiger partial charge is 0.0436 e. The van der Waals surface area contributed by atoms with Gasteiger partial charge in [-0.15, -0.1) is 0 Å². The number of hydrogen-bond acceptors (Lipinski definition) is 2. The molecule has 0 bridgehead atoms. The van der Waals surface area contributed by atoms with Gasteiger partial charge in [-0.1, -0.05) is 56.5 Å². The van der Waals surface area contributed by atoms with Crippen LogP contribution in [0, 0.1) is 5.41 Å². The Balaban J connectivity index is 1.89. The lowest BCUT2D eigenvalue weighted by molar-refractivity contribution is 0.241. The van der Waals surface area contributed by atoms with Crippen molar-refractivity contribution in [2.24, 2.45) is 5.41 Å². The van der Waals surface area contributed by atoms with E-state index in [2.05, 4.69) is 42.6 Å². The fourth-order valence-electron chi connectivity index (χ4n) is 2.94. The molecule has 20 heavy (non-hydrogen) atoms. The summed E-state index contributed by atoms with van der Waals surface area (Å²) in [6.07, 6.45) is 8.59. The summed E-state index contributed by atoms with van der Waals surface area (Å²) in [5, 5.41) is 12.9. The van der Waals surface area contributed by atoms with Gasteiger partial charge in [0.2, 0.25) is 0 Å². The molecule has 0 aromatic heterocycles. The molecule has 1 aromatic rings. The zero-order chi connectivity index (χ0) is 14.3. The quantitative estimate of drug-likeness (QED) is 0.631. The second-order valence-corrected chi connectivity index (χ2v) is 6.31. The molecule has 0 saturated heterocycles. The summed E-state index contributed by atoms with van der Waals surface area (Å²) in [4.78, 5) is 0. The van der Waals surface area contributed by atoms with Crippen LogP contribution >= 0.6 is 0 Å². The van der Waals surface area contributed by atoms with Crippen molar-refractivity contribution in [1.29, 1.82) is 0 Å². The fraction of sp³-hybridized carbons (Fsp3) is 0.667. The van der Waals surface area contributed by atoms with E-state index < -0.39 is 0 Å². The van der Waals surface area contributed by atoms with Crippen LogP contribution < -0.4 is 5.32 Å². The first kappa shape index (κ1) is 15.5. The van der Waals surface area contributed by atoms with E-state index in [0.717, 1.165) is 13.0 Å². The van der Waals surface area contributed by atoms with Gasteiger partial charge < -0.3 is 10.4 Å². The van der Waals surface area contributed by atoms with Crippen molar-refractivity contribution >= 4 is 0 Å². The predicted octanol–water partition coefficient (Wildman–Crippen LogP) is 4.06. The highest BCUT2D eigenvalue weighted by molar-refractivity contribution is 5.19. The zero-order valence-corrected chi connectivity index (χ0v) is 12.8. The maximum atomic E-state index is 9.17. The molecule has 0 amide bonds. The Morgan fingerprint density at radius 3 is 2.55 bits per heavy atom. The van der Waals surface area contributed by atoms with Crippen LogP contribution in [0.4, 0.5) is 0 Å². The molecule has 0 aliphatic heterocycles. The van der Waals surface area contributed by atoms with Crippen molar-refractivity contribution in [3.05, 3.63) is 35.9 Å². The van der Waals surface area contributed by atoms with Gasteiger partial charge in [0.15, 0.2) is 0 Å². The summed E-state index contributed by atoms with van der Waals surface area (Å²) in [5.41, 5.74) is 1.80. The minimum absolute atomic E-state index is 0.327. The molecule has 0 radical (unpaired) electrons. The second kappa shape index (κ2) is 7.80. The van der Waals surface area contributed by atoms with Gasteiger partial charge in [-0.25, -0.2) is 0 Å². The van der Waals surface area contributed by atoms with E-state index in [-0.39, 0.29) is 0 Å². The normalized spacial score (nSPS) is 17.9. The van der Waals surface area contributed by atoms with E-state index >= 15 is 0 Å². The Labute approximate surface area is 123 Å². The van der Waals surface area contributed by atoms with Gasteiger partial charge >= 0.3 is 0 Å². The Hall–Kier alpha value is -0.860. The van der Waals surface area contributed by atoms with Gasteiger partial charge in [0, 0.05) is 19.2 Å². The standard InChI is InChI=1S/C18H29NO/c1-2-3-5-10-17(16-8-6-4-7-9-16)19-15-18(11-12-18)13-14-20/h4,6-9,17,19-20H,2-3,5,10-15H2,1H3. The van der Waals surface area contributed by atoms with Crippen LogP contribution in [0.3, 0.4) is 0 Å². The lowest BCUT2D eigenvalue weighted by atomic mass is 9.98. The average Bonchev–Trinajstić information content (AvgIpc) is 3.24. The molecule has 1 aliphatic carbocycles. The van der Waals surface area contributed by atoms with Gasteiger partial charge in [-0.3, -0.25) is 0 Å². The molecule has 1 unspecified atom stereocenters. The molecule has 0 heterocycles. The molecule has 2 nitrogen and oxygen atoms in total. The zero-order valence-electron chi connectivity index (χ0n) is 12.8. The molecular weight excluding hydrogens is 246 g/mol. The SMILES string of the molecule is CCCCCC(NCC1(CCO)CC1)c1ccccc1. The van der Waals surface area contributed by atoms with Crippen LogP contribution in [-0.4, -0.2) is 18.3 Å². The number of aliphatic hydroxyl groups excluding tert-OH is 1. The summed E-state index contributed by atoms with van der Waals surface area (Å²) in [6, 6.07) is 11.3. The second-order valence-electron chi connectivity index (χ2n) is 6.31. The van der Waals surface area contributed by atoms with Crippen LogP contribution in [0.25, 0.3) is 0 Å². The molecule has 1 fully saturated rings. The third-order valence-corrected chi connectivity index (χ3v) is 4.62. The molecule has 0 spiro atoms. The molecule has 112 valence electrons. The highest BCUT2D eigenvalue weighted by Crippen LogP contribution is 2.48. The summed E-state index contributed by atoms with van der Waals surface area (Å²) >= 11 is 0. The number of benzene rings is 1. The first-order valence-corrected chi connectivity index (χ1v) is 8.19. The molecule has 1 atom stereocenters. The number of rotatable bonds is 10. The van der Waals surface area contributed by atoms with Crippen molar-refractivity contribution in [1.82, 2.24) is 5.32 Å². The van der Waals surface area contributed by atoms with E-state index in [1.165, 1.54) is 44.1 Å². The van der Waals surface area contributed by atoms with Crippen LogP contribution in [0.2, 0.25) is 0 Å². The molecule has 1 saturated carbocycles. The predicted molar refractivity (Wildman–Crippen MR) is 84.7 cm³/mol. The topological polar surface area (TPSA) is 32.3 Å². The summed E-state index contributed by atoms with van der Waals surface area (Å²) in [6.45, 7) is 3.64. The number of nitrogens with one attached hydrogen (secondary N) is 1. The first-order chi connectivity index (χ1) is 9.79. The van der Waals surface area contributed by atoms with Crippen molar-refractivity contribution < 1.29 is 5.11 Å². The van der Waals surface area contributed by atoms with Crippen LogP contribution in [0.1, 0.15) is 63.5 Å². The number of hydrogen-bond donors (Lipinski definition) is 2. The van der Waals surface area contributed by atoms with E-state index in [1.807, 2.05) is 0 Å². The highest BCUT2D eigenvalue weighted by Gasteiger charge is 2.41. The molecule has 1 aliphatic rings. The van der Waals surface area contributed by atoms with E-state index in [9.17, 15) is 0 Å². The minimum atomic E-state index is 0.327. The first-order valence-electron chi connectivity index (χ1n) is 8.19. The third-order valence-electron chi connectivity index (χ3n) is 4.62. The summed E-state index contributed by atoms with van der Waals surface area (Å²) < 4.78 is 0. The van der Waals surface area contributed by atoms with E-state index in [4.69, 9.17) is 5.11 Å². The Morgan fingerprint density at radius 2 is 1.95 bits per heavy atom. The highest BCUT2D eigenvalue weighted by atomic mass is 16.3. The Morgan fingerprint density at radius 1 is 1.20 bits per heavy atom. The molecule has 2 heteroatoms. The van der Waals surface area contributed by atoms with Gasteiger partial charge in [-0.05, 0) is 36.7 Å². The van der Waals surface area contributed by atoms with Crippen molar-refractivity contribution in [2.45, 2.75) is 57.9 Å². The van der Waals surface area contributed by atoms with Crippen molar-refractivity contribution in [3.63, 3.8) is 0 Å². The number of aliphatic hydroxyl groups is 1. The molecule has 2 rings (SSSR count). The maximum absolute atomic E-state index is 9.17. The number of unbranched alkanes of at least 4 members (excludes halogenated alkanes) is 2. The van der Waals surface area contributed by atoms with Crippen molar-refractivity contribution in [2.75, 3.05) is 13.2 Å². The van der Waals surface area contributed by atoms with E-state index in [1.54, 1.807) is 0 Å². The lowest BCUT2D eigenvalue weighted by Crippen LogP contribution is -2.29. The average molecular weight is 275 g/mol. The molecule has 1 aromatic carbocycles. The lowest BCUT2D eigenvalue weighted by Gasteiger charge is -2.23. The van der Waals surface area contributed by atoms with Crippen LogP contribution in [0.5, 0.6) is 0 Å². The summed E-state index contributed by atoms with van der Waals surface area (Å²) in [7, 11) is 0. The van der Waals surface area contributed by atoms with Gasteiger partial charge in [0.05, 0.1) is 0 Å². The Kier molecular flexibility index (Phi) is 6.06. The monoisotopic (exact) mass is 275 g/mol. The van der Waals surface area contributed by atoms with Gasteiger partial charge in [-0.2, -0.15) is 0 Å². The van der Waals surface area contributed by atoms with Gasteiger partial charge in [0.25, 0.3) is 0 Å². The fourth-order valence-corrected chi connectivity index (χ4v) is 2.94. The largest absolute Gasteiger partial charge is 0.396 e. The van der Waals surface area contributed by atoms with Crippen LogP contribution in [-0.2, 0) is 0 Å². The van der Waals surface area contributed by atoms with Gasteiger partial charge in [0.1, 0.15) is 0 Å². The minimum Gasteiger partial charge on any atom is -0.396 e.